The van der Waals surface area contributed by atoms with Gasteiger partial charge in [0.05, 0.1) is 0 Å². The van der Waals surface area contributed by atoms with Gasteiger partial charge in [-0.1, -0.05) is 15.9 Å². The van der Waals surface area contributed by atoms with Crippen LogP contribution in [-0.2, 0) is 0 Å². The molecule has 0 bridgehead atoms. The van der Waals surface area contributed by atoms with Gasteiger partial charge in [-0.25, -0.2) is 0 Å². The van der Waals surface area contributed by atoms with E-state index in [1.165, 1.54) is 0 Å². The summed E-state index contributed by atoms with van der Waals surface area (Å²) in [6.07, 6.45) is 0. The Morgan fingerprint density at radius 1 is 1.43 bits per heavy atom. The highest BCUT2D eigenvalue weighted by Crippen LogP contribution is 2.21. The SMILES string of the molecule is CC(=O)c1cc(NC(C)C)ccc1Br. The molecule has 0 fully saturated rings. The summed E-state index contributed by atoms with van der Waals surface area (Å²) in [5.74, 6) is 0.0734. The van der Waals surface area contributed by atoms with Crippen LogP contribution >= 0.6 is 15.9 Å². The Balaban J connectivity index is 3.00. The van der Waals surface area contributed by atoms with E-state index in [-0.39, 0.29) is 5.78 Å². The van der Waals surface area contributed by atoms with Crippen LogP contribution in [0.4, 0.5) is 5.69 Å². The number of carbonyl (C=O) groups excluding carboxylic acids is 1. The van der Waals surface area contributed by atoms with Gasteiger partial charge in [-0.2, -0.15) is 0 Å². The molecule has 0 aliphatic rings. The summed E-state index contributed by atoms with van der Waals surface area (Å²) in [4.78, 5) is 11.2. The first kappa shape index (κ1) is 11.2. The minimum atomic E-state index is 0.0734. The minimum absolute atomic E-state index is 0.0734. The third kappa shape index (κ3) is 2.84. The lowest BCUT2D eigenvalue weighted by molar-refractivity contribution is 0.101. The van der Waals surface area contributed by atoms with Gasteiger partial charge in [0.15, 0.2) is 5.78 Å². The predicted molar refractivity (Wildman–Crippen MR) is 62.9 cm³/mol. The second-order valence-electron chi connectivity index (χ2n) is 3.55. The number of Topliss-reactive ketones (excluding diaryl/α,β-unsaturated/α-hetero) is 1. The maximum Gasteiger partial charge on any atom is 0.161 e. The van der Waals surface area contributed by atoms with Gasteiger partial charge in [0.1, 0.15) is 0 Å². The molecule has 3 heteroatoms. The van der Waals surface area contributed by atoms with Crippen molar-refractivity contribution in [3.05, 3.63) is 28.2 Å². The molecule has 0 heterocycles. The molecular weight excluding hydrogens is 242 g/mol. The Morgan fingerprint density at radius 2 is 2.07 bits per heavy atom. The number of rotatable bonds is 3. The Bertz CT molecular complexity index is 347. The first-order chi connectivity index (χ1) is 6.50. The van der Waals surface area contributed by atoms with E-state index >= 15 is 0 Å². The smallest absolute Gasteiger partial charge is 0.161 e. The molecule has 1 aromatic rings. The summed E-state index contributed by atoms with van der Waals surface area (Å²) in [5, 5.41) is 3.25. The molecule has 0 radical (unpaired) electrons. The molecule has 0 atom stereocenters. The highest BCUT2D eigenvalue weighted by Gasteiger charge is 2.06. The number of carbonyl (C=O) groups is 1. The highest BCUT2D eigenvalue weighted by molar-refractivity contribution is 9.10. The number of benzene rings is 1. The number of anilines is 1. The van der Waals surface area contributed by atoms with E-state index in [9.17, 15) is 4.79 Å². The van der Waals surface area contributed by atoms with Gasteiger partial charge >= 0.3 is 0 Å². The van der Waals surface area contributed by atoms with Crippen molar-refractivity contribution in [1.82, 2.24) is 0 Å². The fourth-order valence-electron chi connectivity index (χ4n) is 1.22. The maximum atomic E-state index is 11.2. The molecule has 0 spiro atoms. The van der Waals surface area contributed by atoms with Crippen LogP contribution < -0.4 is 5.32 Å². The van der Waals surface area contributed by atoms with Crippen molar-refractivity contribution < 1.29 is 4.79 Å². The zero-order valence-corrected chi connectivity index (χ0v) is 10.2. The summed E-state index contributed by atoms with van der Waals surface area (Å²) in [7, 11) is 0. The second kappa shape index (κ2) is 4.60. The fraction of sp³-hybridized carbons (Fsp3) is 0.364. The van der Waals surface area contributed by atoms with E-state index < -0.39 is 0 Å². The molecule has 1 N–H and O–H groups in total. The molecular formula is C11H14BrNO. The zero-order valence-electron chi connectivity index (χ0n) is 8.60. The Hall–Kier alpha value is -0.830. The van der Waals surface area contributed by atoms with E-state index in [0.29, 0.717) is 6.04 Å². The summed E-state index contributed by atoms with van der Waals surface area (Å²) in [5.41, 5.74) is 1.70. The number of nitrogens with one attached hydrogen (secondary N) is 1. The summed E-state index contributed by atoms with van der Waals surface area (Å²) in [6.45, 7) is 5.70. The van der Waals surface area contributed by atoms with Crippen molar-refractivity contribution in [3.8, 4) is 0 Å². The standard InChI is InChI=1S/C11H14BrNO/c1-7(2)13-9-4-5-11(12)10(6-9)8(3)14/h4-7,13H,1-3H3. The molecule has 0 saturated heterocycles. The van der Waals surface area contributed by atoms with E-state index in [1.54, 1.807) is 6.92 Å². The van der Waals surface area contributed by atoms with Gasteiger partial charge in [-0.3, -0.25) is 4.79 Å². The Kier molecular flexibility index (Phi) is 3.69. The summed E-state index contributed by atoms with van der Waals surface area (Å²) < 4.78 is 0.847. The van der Waals surface area contributed by atoms with Crippen LogP contribution in [0.3, 0.4) is 0 Å². The molecule has 14 heavy (non-hydrogen) atoms. The molecule has 1 rings (SSSR count). The highest BCUT2D eigenvalue weighted by atomic mass is 79.9. The molecule has 0 saturated carbocycles. The van der Waals surface area contributed by atoms with Crippen molar-refractivity contribution in [1.29, 1.82) is 0 Å². The van der Waals surface area contributed by atoms with E-state index in [1.807, 2.05) is 18.2 Å². The number of hydrogen-bond acceptors (Lipinski definition) is 2. The van der Waals surface area contributed by atoms with Gasteiger partial charge in [0.25, 0.3) is 0 Å². The largest absolute Gasteiger partial charge is 0.383 e. The minimum Gasteiger partial charge on any atom is -0.383 e. The van der Waals surface area contributed by atoms with Gasteiger partial charge in [-0.15, -0.1) is 0 Å². The molecule has 0 amide bonds. The van der Waals surface area contributed by atoms with Crippen molar-refractivity contribution in [2.24, 2.45) is 0 Å². The third-order valence-electron chi connectivity index (χ3n) is 1.80. The summed E-state index contributed by atoms with van der Waals surface area (Å²) >= 11 is 3.35. The van der Waals surface area contributed by atoms with Crippen molar-refractivity contribution in [2.75, 3.05) is 5.32 Å². The maximum absolute atomic E-state index is 11.2. The van der Waals surface area contributed by atoms with Crippen LogP contribution in [0.25, 0.3) is 0 Å². The fourth-order valence-corrected chi connectivity index (χ4v) is 1.74. The molecule has 2 nitrogen and oxygen atoms in total. The van der Waals surface area contributed by atoms with Crippen LogP contribution in [0.2, 0.25) is 0 Å². The first-order valence-electron chi connectivity index (χ1n) is 4.57. The molecule has 0 aliphatic carbocycles. The lowest BCUT2D eigenvalue weighted by Crippen LogP contribution is -2.10. The average molecular weight is 256 g/mol. The predicted octanol–water partition coefficient (Wildman–Crippen LogP) is 3.47. The van der Waals surface area contributed by atoms with Crippen LogP contribution in [0.5, 0.6) is 0 Å². The van der Waals surface area contributed by atoms with Crippen molar-refractivity contribution >= 4 is 27.4 Å². The number of hydrogen-bond donors (Lipinski definition) is 1. The quantitative estimate of drug-likeness (QED) is 0.839. The average Bonchev–Trinajstić information content (AvgIpc) is 2.07. The van der Waals surface area contributed by atoms with Crippen LogP contribution in [0.1, 0.15) is 31.1 Å². The van der Waals surface area contributed by atoms with E-state index in [0.717, 1.165) is 15.7 Å². The van der Waals surface area contributed by atoms with Crippen molar-refractivity contribution in [3.63, 3.8) is 0 Å². The first-order valence-corrected chi connectivity index (χ1v) is 5.37. The topological polar surface area (TPSA) is 29.1 Å². The normalized spacial score (nSPS) is 10.4. The molecule has 1 aromatic carbocycles. The Labute approximate surface area is 92.8 Å². The lowest BCUT2D eigenvalue weighted by Gasteiger charge is -2.11. The van der Waals surface area contributed by atoms with Gasteiger partial charge < -0.3 is 5.32 Å². The van der Waals surface area contributed by atoms with E-state index in [4.69, 9.17) is 0 Å². The lowest BCUT2D eigenvalue weighted by atomic mass is 10.1. The van der Waals surface area contributed by atoms with Gasteiger partial charge in [0.2, 0.25) is 0 Å². The van der Waals surface area contributed by atoms with Crippen LogP contribution in [0.15, 0.2) is 22.7 Å². The third-order valence-corrected chi connectivity index (χ3v) is 2.49. The van der Waals surface area contributed by atoms with Crippen LogP contribution in [0, 0.1) is 0 Å². The monoisotopic (exact) mass is 255 g/mol. The van der Waals surface area contributed by atoms with Gasteiger partial charge in [0, 0.05) is 21.8 Å². The van der Waals surface area contributed by atoms with Crippen LogP contribution in [-0.4, -0.2) is 11.8 Å². The Morgan fingerprint density at radius 3 is 2.57 bits per heavy atom. The van der Waals surface area contributed by atoms with Gasteiger partial charge in [-0.05, 0) is 39.0 Å². The second-order valence-corrected chi connectivity index (χ2v) is 4.40. The number of halogens is 1. The molecule has 0 unspecified atom stereocenters. The summed E-state index contributed by atoms with van der Waals surface area (Å²) in [6, 6.07) is 6.08. The van der Waals surface area contributed by atoms with E-state index in [2.05, 4.69) is 35.1 Å². The molecule has 0 aliphatic heterocycles. The zero-order chi connectivity index (χ0) is 10.7. The molecule has 0 aromatic heterocycles. The van der Waals surface area contributed by atoms with Crippen molar-refractivity contribution in [2.45, 2.75) is 26.8 Å². The number of ketones is 1. The molecule has 76 valence electrons.